The molecule has 0 bridgehead atoms. The minimum atomic E-state index is -1.14. The number of amides is 3. The van der Waals surface area contributed by atoms with Gasteiger partial charge in [-0.2, -0.15) is 0 Å². The summed E-state index contributed by atoms with van der Waals surface area (Å²) in [6.45, 7) is 4.57. The van der Waals surface area contributed by atoms with Crippen LogP contribution in [0.5, 0.6) is 0 Å². The van der Waals surface area contributed by atoms with E-state index in [1.165, 1.54) is 0 Å². The molecule has 10 heteroatoms. The first-order chi connectivity index (χ1) is 19.2. The van der Waals surface area contributed by atoms with Gasteiger partial charge in [0.15, 0.2) is 0 Å². The number of fused-ring (bicyclic) bond motifs is 1. The summed E-state index contributed by atoms with van der Waals surface area (Å²) in [6.07, 6.45) is 4.45. The van der Waals surface area contributed by atoms with Crippen LogP contribution in [0.2, 0.25) is 0 Å². The van der Waals surface area contributed by atoms with E-state index in [4.69, 9.17) is 10.8 Å². The summed E-state index contributed by atoms with van der Waals surface area (Å²) in [5.41, 5.74) is 6.98. The number of likely N-dealkylation sites (tertiary alicyclic amines) is 1. The van der Waals surface area contributed by atoms with E-state index in [0.29, 0.717) is 51.7 Å². The average Bonchev–Trinajstić information content (AvgIpc) is 3.37. The van der Waals surface area contributed by atoms with Crippen LogP contribution in [0.1, 0.15) is 50.7 Å². The van der Waals surface area contributed by atoms with Crippen molar-refractivity contribution in [3.05, 3.63) is 71.9 Å². The number of rotatable bonds is 11. The summed E-state index contributed by atoms with van der Waals surface area (Å²) in [6, 6.07) is 16.8. The second kappa shape index (κ2) is 14.0. The Morgan fingerprint density at radius 1 is 1.05 bits per heavy atom. The number of nitrogens with two attached hydrogens (primary N) is 1. The normalized spacial score (nSPS) is 15.6. The van der Waals surface area contributed by atoms with Gasteiger partial charge in [0.2, 0.25) is 17.7 Å². The van der Waals surface area contributed by atoms with Crippen molar-refractivity contribution in [3.8, 4) is 0 Å². The highest BCUT2D eigenvalue weighted by Crippen LogP contribution is 2.36. The highest BCUT2D eigenvalue weighted by atomic mass is 35.5. The molecule has 0 aliphatic carbocycles. The fraction of sp³-hybridized carbons (Fsp3) is 0.452. The molecule has 1 saturated heterocycles. The van der Waals surface area contributed by atoms with Gasteiger partial charge in [0.05, 0.1) is 11.0 Å². The molecule has 3 amide bonds. The van der Waals surface area contributed by atoms with E-state index in [2.05, 4.69) is 15.6 Å². The van der Waals surface area contributed by atoms with E-state index in [-0.39, 0.29) is 30.8 Å². The fourth-order valence-electron chi connectivity index (χ4n) is 5.41. The molecule has 222 valence electrons. The van der Waals surface area contributed by atoms with E-state index in [1.54, 1.807) is 18.7 Å². The van der Waals surface area contributed by atoms with E-state index >= 15 is 0 Å². The molecule has 0 spiro atoms. The van der Waals surface area contributed by atoms with Gasteiger partial charge in [0.25, 0.3) is 0 Å². The summed E-state index contributed by atoms with van der Waals surface area (Å²) in [7, 11) is 0. The molecule has 1 atom stereocenters. The van der Waals surface area contributed by atoms with E-state index in [9.17, 15) is 14.4 Å². The minimum absolute atomic E-state index is 0. The van der Waals surface area contributed by atoms with Gasteiger partial charge in [-0.3, -0.25) is 14.4 Å². The Morgan fingerprint density at radius 2 is 1.71 bits per heavy atom. The summed E-state index contributed by atoms with van der Waals surface area (Å²) >= 11 is 0. The number of aliphatic hydroxyl groups is 1. The minimum Gasteiger partial charge on any atom is -0.396 e. The zero-order valence-corrected chi connectivity index (χ0v) is 24.6. The molecule has 0 saturated carbocycles. The third-order valence-electron chi connectivity index (χ3n) is 7.85. The summed E-state index contributed by atoms with van der Waals surface area (Å²) in [5, 5.41) is 16.0. The van der Waals surface area contributed by atoms with Crippen molar-refractivity contribution >= 4 is 41.0 Å². The predicted molar refractivity (Wildman–Crippen MR) is 163 cm³/mol. The van der Waals surface area contributed by atoms with Crippen molar-refractivity contribution in [3.63, 3.8) is 0 Å². The van der Waals surface area contributed by atoms with Crippen LogP contribution < -0.4 is 16.4 Å². The monoisotopic (exact) mass is 583 g/mol. The number of aromatic nitrogens is 1. The number of unbranched alkanes of at least 4 members (excludes halogenated alkanes) is 1. The Kier molecular flexibility index (Phi) is 11.0. The van der Waals surface area contributed by atoms with Gasteiger partial charge < -0.3 is 31.4 Å². The zero-order chi connectivity index (χ0) is 28.8. The Balaban J connectivity index is 0.00000462. The maximum Gasteiger partial charge on any atom is 0.245 e. The largest absolute Gasteiger partial charge is 0.396 e. The van der Waals surface area contributed by atoms with Gasteiger partial charge in [0, 0.05) is 49.8 Å². The second-order valence-corrected chi connectivity index (χ2v) is 11.3. The number of aliphatic hydroxyl groups excluding tert-OH is 1. The predicted octanol–water partition coefficient (Wildman–Crippen LogP) is 2.80. The molecule has 3 aromatic rings. The maximum absolute atomic E-state index is 13.9. The molecule has 1 aromatic heterocycles. The lowest BCUT2D eigenvalue weighted by Crippen LogP contribution is -2.59. The number of piperidine rings is 1. The Bertz CT molecular complexity index is 1310. The third kappa shape index (κ3) is 7.47. The third-order valence-corrected chi connectivity index (χ3v) is 7.85. The van der Waals surface area contributed by atoms with Crippen molar-refractivity contribution in [2.75, 3.05) is 26.2 Å². The van der Waals surface area contributed by atoms with Crippen molar-refractivity contribution in [2.24, 2.45) is 5.73 Å². The van der Waals surface area contributed by atoms with Gasteiger partial charge in [0.1, 0.15) is 6.04 Å². The molecule has 0 radical (unpaired) electrons. The smallest absolute Gasteiger partial charge is 0.245 e. The Labute approximate surface area is 247 Å². The fourth-order valence-corrected chi connectivity index (χ4v) is 5.41. The number of aromatic amines is 1. The van der Waals surface area contributed by atoms with Crippen LogP contribution in [-0.4, -0.2) is 70.5 Å². The number of nitrogens with zero attached hydrogens (tertiary/aromatic N) is 1. The van der Waals surface area contributed by atoms with E-state index < -0.39 is 22.9 Å². The zero-order valence-electron chi connectivity index (χ0n) is 23.8. The lowest BCUT2D eigenvalue weighted by atomic mass is 9.71. The Hall–Kier alpha value is -3.40. The van der Waals surface area contributed by atoms with Crippen molar-refractivity contribution < 1.29 is 19.5 Å². The molecule has 4 rings (SSSR count). The first-order valence-electron chi connectivity index (χ1n) is 14.0. The number of H-pyrrole nitrogens is 1. The molecular formula is C31H42ClN5O4. The van der Waals surface area contributed by atoms with Gasteiger partial charge in [-0.1, -0.05) is 48.5 Å². The van der Waals surface area contributed by atoms with Crippen LogP contribution in [0.25, 0.3) is 10.9 Å². The standard InChI is InChI=1S/C31H41N5O4.ClH/c1-30(2,32)28(39)35-26(20-22-21-34-25-13-7-6-12-24(22)25)27(38)36-17-14-31(15-18-36,23-10-4-3-5-11-23)29(40)33-16-8-9-19-37;/h3-7,10-13,21,26,34,37H,8-9,14-20,32H2,1-2H3,(H,33,40)(H,35,39);1H/t26-;/m1./s1. The molecule has 2 aromatic carbocycles. The summed E-state index contributed by atoms with van der Waals surface area (Å²) < 4.78 is 0. The highest BCUT2D eigenvalue weighted by Gasteiger charge is 2.44. The topological polar surface area (TPSA) is 141 Å². The molecule has 6 N–H and O–H groups in total. The summed E-state index contributed by atoms with van der Waals surface area (Å²) in [4.78, 5) is 45.3. The number of hydrogen-bond acceptors (Lipinski definition) is 5. The van der Waals surface area contributed by atoms with Crippen LogP contribution >= 0.6 is 12.4 Å². The number of hydrogen-bond donors (Lipinski definition) is 5. The van der Waals surface area contributed by atoms with Crippen LogP contribution in [-0.2, 0) is 26.2 Å². The van der Waals surface area contributed by atoms with Gasteiger partial charge in [-0.25, -0.2) is 0 Å². The van der Waals surface area contributed by atoms with Crippen LogP contribution in [0.3, 0.4) is 0 Å². The van der Waals surface area contributed by atoms with Crippen LogP contribution in [0, 0.1) is 0 Å². The molecule has 0 unspecified atom stereocenters. The number of carbonyl (C=O) groups excluding carboxylic acids is 3. The van der Waals surface area contributed by atoms with Crippen molar-refractivity contribution in [1.29, 1.82) is 0 Å². The number of halogens is 1. The van der Waals surface area contributed by atoms with Crippen molar-refractivity contribution in [2.45, 2.75) is 62.9 Å². The van der Waals surface area contributed by atoms with Gasteiger partial charge in [-0.05, 0) is 56.7 Å². The molecule has 41 heavy (non-hydrogen) atoms. The Morgan fingerprint density at radius 3 is 2.37 bits per heavy atom. The molecule has 1 aliphatic rings. The molecular weight excluding hydrogens is 542 g/mol. The van der Waals surface area contributed by atoms with E-state index in [0.717, 1.165) is 22.0 Å². The first kappa shape index (κ1) is 32.1. The summed E-state index contributed by atoms with van der Waals surface area (Å²) in [5.74, 6) is -0.645. The van der Waals surface area contributed by atoms with Gasteiger partial charge >= 0.3 is 0 Å². The first-order valence-corrected chi connectivity index (χ1v) is 14.0. The molecule has 9 nitrogen and oxygen atoms in total. The van der Waals surface area contributed by atoms with E-state index in [1.807, 2.05) is 60.8 Å². The second-order valence-electron chi connectivity index (χ2n) is 11.3. The lowest BCUT2D eigenvalue weighted by Gasteiger charge is -2.42. The average molecular weight is 584 g/mol. The van der Waals surface area contributed by atoms with Crippen molar-refractivity contribution in [1.82, 2.24) is 20.5 Å². The SMILES string of the molecule is CC(C)(N)C(=O)N[C@H](Cc1c[nH]c2ccccc12)C(=O)N1CCC(C(=O)NCCCCO)(c2ccccc2)CC1.Cl. The maximum atomic E-state index is 13.9. The molecule has 1 aliphatic heterocycles. The van der Waals surface area contributed by atoms with Gasteiger partial charge in [-0.15, -0.1) is 12.4 Å². The molecule has 2 heterocycles. The quantitative estimate of drug-likeness (QED) is 0.221. The number of para-hydroxylation sites is 1. The number of benzene rings is 2. The number of carbonyl (C=O) groups is 3. The highest BCUT2D eigenvalue weighted by molar-refractivity contribution is 5.93. The molecule has 1 fully saturated rings. The van der Waals surface area contributed by atoms with Crippen LogP contribution in [0.15, 0.2) is 60.8 Å². The van der Waals surface area contributed by atoms with Crippen LogP contribution in [0.4, 0.5) is 0 Å². The number of nitrogens with one attached hydrogen (secondary N) is 3. The lowest BCUT2D eigenvalue weighted by molar-refractivity contribution is -0.140.